The molecule has 3 aromatic carbocycles. The second kappa shape index (κ2) is 24.4. The number of carbonyl (C=O) groups excluding carboxylic acids is 4. The highest BCUT2D eigenvalue weighted by atomic mass is 16.7. The van der Waals surface area contributed by atoms with E-state index in [1.54, 1.807) is 19.1 Å². The molecule has 3 saturated heterocycles. The second-order valence-corrected chi connectivity index (χ2v) is 21.1. The van der Waals surface area contributed by atoms with Crippen LogP contribution in [0.4, 0.5) is 5.69 Å². The summed E-state index contributed by atoms with van der Waals surface area (Å²) in [5, 5.41) is 91.6. The number of fused-ring (bicyclic) bond motifs is 8. The van der Waals surface area contributed by atoms with Gasteiger partial charge in [-0.1, -0.05) is 42.2 Å². The number of hydrogen-bond acceptors (Lipinski definition) is 23. The molecule has 14 unspecified atom stereocenters. The second-order valence-electron chi connectivity index (χ2n) is 21.1. The molecule has 1 aliphatic carbocycles. The van der Waals surface area contributed by atoms with E-state index in [0.717, 1.165) is 0 Å². The Hall–Kier alpha value is -6.38. The lowest BCUT2D eigenvalue weighted by Gasteiger charge is -2.47. The summed E-state index contributed by atoms with van der Waals surface area (Å²) in [4.78, 5) is 57.6. The molecule has 3 fully saturated rings. The first-order valence-electron chi connectivity index (χ1n) is 26.8. The molecule has 0 aromatic heterocycles. The molecule has 15 N–H and O–H groups in total. The smallest absolute Gasteiger partial charge is 0.242 e. The standard InChI is InChI=1S/C56H68N8O16/c1-28(68)20-60-63-42-18-30(12-15-58-42)32(22-67)24-77-50-51(73)56(75)14-4-5-33(69)10-9-31-23-76-26-41(56)79-54(50)80-48-39(43(31)36-6-2-3-7-40(36)64-27-59-45-52(64)61-55(57)62-53(45)74)19-38-44(49(48)78-25-34(70)13-16-65)47(72)37-17-29(21-66)8-11-35(37)46(38)71/h2-3,6-8,11-12,16-19,28,31-34,41,43,45,50-52,54-55,58-61,63,66-70,73,75H,5,9-10,13,15,20-27,57H2,1H3,(H,62,74). The molecule has 0 radical (unpaired) electrons. The number of ether oxygens (including phenoxy) is 5. The summed E-state index contributed by atoms with van der Waals surface area (Å²) in [5.74, 6) is 1.52. The lowest BCUT2D eigenvalue weighted by molar-refractivity contribution is -0.309. The monoisotopic (exact) mass is 1110 g/mol. The lowest BCUT2D eigenvalue weighted by Crippen LogP contribution is -2.70. The van der Waals surface area contributed by atoms with E-state index in [-0.39, 0.29) is 104 Å². The molecule has 6 heterocycles. The molecule has 3 aromatic rings. The molecule has 6 aliphatic heterocycles. The van der Waals surface area contributed by atoms with Gasteiger partial charge in [-0.25, -0.2) is 5.43 Å². The average molecular weight is 1110 g/mol. The van der Waals surface area contributed by atoms with Crippen molar-refractivity contribution in [3.63, 3.8) is 0 Å². The van der Waals surface area contributed by atoms with Crippen LogP contribution in [-0.2, 0) is 30.4 Å². The third-order valence-corrected chi connectivity index (χ3v) is 15.6. The van der Waals surface area contributed by atoms with Gasteiger partial charge in [0.15, 0.2) is 28.7 Å². The molecular formula is C56H68N8O16. The van der Waals surface area contributed by atoms with E-state index < -0.39 is 116 Å². The number of nitrogens with two attached hydrogens (primary N) is 1. The van der Waals surface area contributed by atoms with Gasteiger partial charge < -0.3 is 85.2 Å². The maximum Gasteiger partial charge on any atom is 0.242 e. The topological polar surface area (TPSA) is 357 Å². The summed E-state index contributed by atoms with van der Waals surface area (Å²) in [7, 11) is 0. The molecule has 428 valence electrons. The minimum Gasteiger partial charge on any atom is -0.486 e. The third kappa shape index (κ3) is 11.3. The van der Waals surface area contributed by atoms with Crippen LogP contribution in [0.2, 0.25) is 0 Å². The van der Waals surface area contributed by atoms with Crippen molar-refractivity contribution in [1.29, 1.82) is 0 Å². The van der Waals surface area contributed by atoms with Gasteiger partial charge in [0.05, 0.1) is 63.6 Å². The number of allylic oxidation sites excluding steroid dienone is 1. The van der Waals surface area contributed by atoms with Crippen LogP contribution in [0, 0.1) is 23.7 Å². The maximum absolute atomic E-state index is 15.3. The first kappa shape index (κ1) is 56.9. The zero-order valence-electron chi connectivity index (χ0n) is 43.9. The number of para-hydroxylation sites is 1. The van der Waals surface area contributed by atoms with Crippen molar-refractivity contribution >= 4 is 29.4 Å². The third-order valence-electron chi connectivity index (χ3n) is 15.6. The zero-order valence-corrected chi connectivity index (χ0v) is 43.9. The predicted molar refractivity (Wildman–Crippen MR) is 283 cm³/mol. The number of nitrogens with one attached hydrogen (secondary N) is 6. The fourth-order valence-corrected chi connectivity index (χ4v) is 11.5. The molecule has 14 atom stereocenters. The number of hydrogen-bond donors (Lipinski definition) is 14. The maximum atomic E-state index is 15.3. The predicted octanol–water partition coefficient (Wildman–Crippen LogP) is -2.33. The molecule has 0 spiro atoms. The van der Waals surface area contributed by atoms with Gasteiger partial charge in [-0.05, 0) is 72.7 Å². The van der Waals surface area contributed by atoms with Gasteiger partial charge in [-0.2, -0.15) is 0 Å². The first-order chi connectivity index (χ1) is 38.6. The van der Waals surface area contributed by atoms with Gasteiger partial charge in [0.2, 0.25) is 12.2 Å². The van der Waals surface area contributed by atoms with Crippen LogP contribution >= 0.6 is 0 Å². The molecule has 7 aliphatic rings. The van der Waals surface area contributed by atoms with Crippen molar-refractivity contribution < 1.29 is 78.6 Å². The Bertz CT molecular complexity index is 2970. The summed E-state index contributed by atoms with van der Waals surface area (Å²) in [6.45, 7) is -0.0121. The molecule has 24 heteroatoms. The highest BCUT2D eigenvalue weighted by Crippen LogP contribution is 2.52. The Morgan fingerprint density at radius 1 is 1.01 bits per heavy atom. The minimum absolute atomic E-state index is 0.0279. The number of hydrazine groups is 1. The van der Waals surface area contributed by atoms with E-state index in [1.165, 1.54) is 24.3 Å². The zero-order chi connectivity index (χ0) is 56.4. The van der Waals surface area contributed by atoms with Crippen molar-refractivity contribution in [2.45, 2.75) is 112 Å². The van der Waals surface area contributed by atoms with Crippen molar-refractivity contribution in [2.75, 3.05) is 57.7 Å². The number of dihydropyridines is 1. The largest absolute Gasteiger partial charge is 0.486 e. The lowest BCUT2D eigenvalue weighted by atomic mass is 9.74. The molecule has 1 amide bonds. The van der Waals surface area contributed by atoms with Crippen LogP contribution in [0.25, 0.3) is 0 Å². The fourth-order valence-electron chi connectivity index (χ4n) is 11.5. The van der Waals surface area contributed by atoms with Crippen molar-refractivity contribution in [2.24, 2.45) is 17.6 Å². The van der Waals surface area contributed by atoms with Gasteiger partial charge in [0, 0.05) is 65.7 Å². The van der Waals surface area contributed by atoms with Gasteiger partial charge in [-0.3, -0.25) is 30.8 Å². The normalized spacial score (nSPS) is 30.1. The van der Waals surface area contributed by atoms with E-state index in [2.05, 4.69) is 44.0 Å². The molecular weight excluding hydrogens is 1040 g/mol. The Labute approximate surface area is 460 Å². The Morgan fingerprint density at radius 2 is 1.84 bits per heavy atom. The van der Waals surface area contributed by atoms with Crippen molar-refractivity contribution in [3.05, 3.63) is 111 Å². The van der Waals surface area contributed by atoms with E-state index in [9.17, 15) is 45.3 Å². The average Bonchev–Trinajstić information content (AvgIpc) is 3.99. The highest BCUT2D eigenvalue weighted by Gasteiger charge is 2.58. The number of aliphatic hydroxyl groups excluding tert-OH is 6. The minimum atomic E-state index is -2.46. The van der Waals surface area contributed by atoms with Gasteiger partial charge >= 0.3 is 0 Å². The summed E-state index contributed by atoms with van der Waals surface area (Å²) in [6.07, 6.45) is -7.81. The van der Waals surface area contributed by atoms with E-state index >= 15 is 9.59 Å². The van der Waals surface area contributed by atoms with Gasteiger partial charge in [0.1, 0.15) is 55.5 Å². The summed E-state index contributed by atoms with van der Waals surface area (Å²) in [5.41, 5.74) is 11.6. The number of benzene rings is 3. The number of nitrogens with zero attached hydrogens (tertiary/aromatic N) is 1. The molecule has 80 heavy (non-hydrogen) atoms. The number of carbonyl (C=O) groups is 4. The highest BCUT2D eigenvalue weighted by molar-refractivity contribution is 6.29. The van der Waals surface area contributed by atoms with Crippen LogP contribution in [-0.4, -0.2) is 179 Å². The number of aldehydes is 1. The van der Waals surface area contributed by atoms with E-state index in [4.69, 9.17) is 29.4 Å². The SMILES string of the molecule is CC(O)CNNC1=CC(C(CO)COC2C3Oc4c(cc5c(c4OCC(O)CC=O)C(=O)c4cc(CO)ccc4C5=O)C(c4ccccc4N4CNC5C(=O)NC(N)NC54)C4CCC(O)CC#CC(O)(C(COC4)O3)C2O)=CCN1. The summed E-state index contributed by atoms with van der Waals surface area (Å²) >= 11 is 0. The van der Waals surface area contributed by atoms with Crippen LogP contribution in [0.3, 0.4) is 0 Å². The number of anilines is 1. The van der Waals surface area contributed by atoms with Crippen LogP contribution < -0.4 is 52.2 Å². The van der Waals surface area contributed by atoms with Gasteiger partial charge in [0.25, 0.3) is 0 Å². The molecule has 10 rings (SSSR count). The molecule has 3 bridgehead atoms. The first-order valence-corrected chi connectivity index (χ1v) is 26.8. The summed E-state index contributed by atoms with van der Waals surface area (Å²) in [6, 6.07) is 12.5. The fraction of sp³-hybridized carbons (Fsp3) is 0.500. The quantitative estimate of drug-likeness (QED) is 0.0300. The molecule has 24 nitrogen and oxygen atoms in total. The van der Waals surface area contributed by atoms with Crippen molar-refractivity contribution in [1.82, 2.24) is 32.1 Å². The van der Waals surface area contributed by atoms with E-state index in [1.807, 2.05) is 29.2 Å². The summed E-state index contributed by atoms with van der Waals surface area (Å²) < 4.78 is 33.6. The number of rotatable bonds is 17. The Morgan fingerprint density at radius 3 is 2.62 bits per heavy atom. The Kier molecular flexibility index (Phi) is 17.3. The Balaban J connectivity index is 1.19. The van der Waals surface area contributed by atoms with Crippen molar-refractivity contribution in [3.8, 4) is 23.3 Å². The van der Waals surface area contributed by atoms with Crippen LogP contribution in [0.1, 0.15) is 87.1 Å². The number of ketones is 2. The molecule has 0 saturated carbocycles. The van der Waals surface area contributed by atoms with Gasteiger partial charge in [-0.15, -0.1) is 0 Å². The van der Waals surface area contributed by atoms with Crippen LogP contribution in [0.15, 0.2) is 72.1 Å². The van der Waals surface area contributed by atoms with E-state index in [0.29, 0.717) is 41.0 Å². The number of amides is 1. The number of aliphatic hydroxyl groups is 7. The van der Waals surface area contributed by atoms with Crippen LogP contribution in [0.5, 0.6) is 11.5 Å².